The summed E-state index contributed by atoms with van der Waals surface area (Å²) in [5, 5.41) is 26.7. The Balaban J connectivity index is 2.06. The molecule has 10 heteroatoms. The number of rotatable bonds is 8. The molecule has 0 aliphatic carbocycles. The van der Waals surface area contributed by atoms with Gasteiger partial charge in [-0.05, 0) is 26.3 Å². The number of benzene rings is 1. The number of nitrogens with one attached hydrogen (secondary N) is 2. The van der Waals surface area contributed by atoms with E-state index in [4.69, 9.17) is 0 Å². The quantitative estimate of drug-likeness (QED) is 0.398. The number of hydrogen-bond acceptors (Lipinski definition) is 8. The van der Waals surface area contributed by atoms with Crippen LogP contribution in [0.4, 0.5) is 23.1 Å². The molecule has 0 amide bonds. The Kier molecular flexibility index (Phi) is 5.69. The molecule has 0 saturated heterocycles. The molecule has 2 aromatic heterocycles. The molecule has 0 spiro atoms. The van der Waals surface area contributed by atoms with Gasteiger partial charge in [0.25, 0.3) is 5.69 Å². The first kappa shape index (κ1) is 19.5. The highest BCUT2D eigenvalue weighted by Gasteiger charge is 2.17. The highest BCUT2D eigenvalue weighted by Crippen LogP contribution is 2.27. The van der Waals surface area contributed by atoms with Gasteiger partial charge in [0, 0.05) is 23.9 Å². The van der Waals surface area contributed by atoms with E-state index in [1.54, 1.807) is 18.5 Å². The van der Waals surface area contributed by atoms with Crippen molar-refractivity contribution in [1.82, 2.24) is 19.5 Å². The lowest BCUT2D eigenvalue weighted by molar-refractivity contribution is -0.384. The van der Waals surface area contributed by atoms with Gasteiger partial charge in [-0.1, -0.05) is 13.0 Å². The van der Waals surface area contributed by atoms with Gasteiger partial charge in [-0.2, -0.15) is 9.97 Å². The molecule has 0 aliphatic rings. The van der Waals surface area contributed by atoms with Crippen LogP contribution in [0.2, 0.25) is 0 Å². The van der Waals surface area contributed by atoms with Crippen molar-refractivity contribution in [2.75, 3.05) is 17.2 Å². The van der Waals surface area contributed by atoms with Crippen molar-refractivity contribution >= 4 is 34.3 Å². The molecule has 1 aromatic carbocycles. The van der Waals surface area contributed by atoms with Crippen LogP contribution in [-0.2, 0) is 0 Å². The zero-order valence-corrected chi connectivity index (χ0v) is 16.0. The van der Waals surface area contributed by atoms with Crippen molar-refractivity contribution in [3.05, 3.63) is 40.7 Å². The van der Waals surface area contributed by atoms with E-state index in [1.165, 1.54) is 12.1 Å². The number of imidazole rings is 1. The van der Waals surface area contributed by atoms with E-state index < -0.39 is 4.92 Å². The molecule has 2 heterocycles. The molecule has 148 valence electrons. The second kappa shape index (κ2) is 8.17. The Labute approximate surface area is 161 Å². The second-order valence-electron chi connectivity index (χ2n) is 6.68. The molecule has 3 aromatic rings. The fraction of sp³-hybridized carbons (Fsp3) is 0.389. The number of hydrogen-bond donors (Lipinski definition) is 3. The minimum atomic E-state index is -0.450. The first-order valence-corrected chi connectivity index (χ1v) is 9.06. The van der Waals surface area contributed by atoms with Gasteiger partial charge in [0.1, 0.15) is 0 Å². The van der Waals surface area contributed by atoms with Gasteiger partial charge in [-0.25, -0.2) is 4.98 Å². The maximum Gasteiger partial charge on any atom is 0.271 e. The van der Waals surface area contributed by atoms with Crippen LogP contribution in [0.1, 0.15) is 33.2 Å². The predicted molar refractivity (Wildman–Crippen MR) is 107 cm³/mol. The lowest BCUT2D eigenvalue weighted by atomic mass is 10.2. The monoisotopic (exact) mass is 385 g/mol. The van der Waals surface area contributed by atoms with Crippen molar-refractivity contribution in [1.29, 1.82) is 0 Å². The van der Waals surface area contributed by atoms with E-state index in [-0.39, 0.29) is 24.4 Å². The summed E-state index contributed by atoms with van der Waals surface area (Å²) in [5.41, 5.74) is 1.69. The molecule has 0 bridgehead atoms. The Morgan fingerprint density at radius 2 is 2.11 bits per heavy atom. The third kappa shape index (κ3) is 4.01. The molecule has 1 atom stereocenters. The summed E-state index contributed by atoms with van der Waals surface area (Å²) in [4.78, 5) is 24.1. The SMILES string of the molecule is CC[C@H](CO)Nc1nc(Nc2cccc([N+](=O)[O-])c2)c2ncn(C(C)C)c2n1. The van der Waals surface area contributed by atoms with E-state index in [0.717, 1.165) is 0 Å². The first-order valence-electron chi connectivity index (χ1n) is 9.06. The third-order valence-electron chi connectivity index (χ3n) is 4.34. The van der Waals surface area contributed by atoms with Gasteiger partial charge in [-0.3, -0.25) is 10.1 Å². The molecular weight excluding hydrogens is 362 g/mol. The molecular formula is C18H23N7O3. The standard InChI is InChI=1S/C18H23N7O3/c1-4-12(9-26)21-18-22-16(15-17(23-18)24(10-19-15)11(2)3)20-13-6-5-7-14(8-13)25(27)28/h5-8,10-12,26H,4,9H2,1-3H3,(H2,20,21,22,23)/t12-/m1/s1. The highest BCUT2D eigenvalue weighted by molar-refractivity contribution is 5.86. The minimum absolute atomic E-state index is 0.0207. The van der Waals surface area contributed by atoms with Crippen LogP contribution in [0.3, 0.4) is 0 Å². The van der Waals surface area contributed by atoms with Crippen molar-refractivity contribution in [3.8, 4) is 0 Å². The molecule has 28 heavy (non-hydrogen) atoms. The lowest BCUT2D eigenvalue weighted by Gasteiger charge is -2.16. The number of nitro groups is 1. The Hall–Kier alpha value is -3.27. The lowest BCUT2D eigenvalue weighted by Crippen LogP contribution is -2.24. The summed E-state index contributed by atoms with van der Waals surface area (Å²) in [6, 6.07) is 6.13. The zero-order chi connectivity index (χ0) is 20.3. The van der Waals surface area contributed by atoms with Crippen molar-refractivity contribution in [2.24, 2.45) is 0 Å². The number of aliphatic hydroxyl groups is 1. The van der Waals surface area contributed by atoms with Crippen LogP contribution < -0.4 is 10.6 Å². The fourth-order valence-electron chi connectivity index (χ4n) is 2.74. The Bertz CT molecular complexity index is 982. The fourth-order valence-corrected chi connectivity index (χ4v) is 2.74. The van der Waals surface area contributed by atoms with Gasteiger partial charge in [0.2, 0.25) is 5.95 Å². The van der Waals surface area contributed by atoms with Crippen molar-refractivity contribution in [3.63, 3.8) is 0 Å². The first-order chi connectivity index (χ1) is 13.4. The summed E-state index contributed by atoms with van der Waals surface area (Å²) < 4.78 is 1.92. The normalized spacial score (nSPS) is 12.3. The molecule has 0 fully saturated rings. The molecule has 0 radical (unpaired) electrons. The van der Waals surface area contributed by atoms with Crippen LogP contribution in [0.5, 0.6) is 0 Å². The third-order valence-corrected chi connectivity index (χ3v) is 4.34. The number of anilines is 3. The van der Waals surface area contributed by atoms with E-state index in [1.807, 2.05) is 25.3 Å². The largest absolute Gasteiger partial charge is 0.394 e. The molecule has 0 aliphatic heterocycles. The maximum atomic E-state index is 11.0. The van der Waals surface area contributed by atoms with E-state index in [9.17, 15) is 15.2 Å². The molecule has 3 N–H and O–H groups in total. The number of nitro benzene ring substituents is 1. The Morgan fingerprint density at radius 3 is 2.75 bits per heavy atom. The molecule has 10 nitrogen and oxygen atoms in total. The molecule has 3 rings (SSSR count). The van der Waals surface area contributed by atoms with Gasteiger partial charge in [0.15, 0.2) is 17.0 Å². The number of aromatic nitrogens is 4. The number of nitrogens with zero attached hydrogens (tertiary/aromatic N) is 5. The summed E-state index contributed by atoms with van der Waals surface area (Å²) in [7, 11) is 0. The predicted octanol–water partition coefficient (Wildman–Crippen LogP) is 3.24. The highest BCUT2D eigenvalue weighted by atomic mass is 16.6. The number of fused-ring (bicyclic) bond motifs is 1. The topological polar surface area (TPSA) is 131 Å². The van der Waals surface area contributed by atoms with Gasteiger partial charge in [-0.15, -0.1) is 0 Å². The van der Waals surface area contributed by atoms with Crippen LogP contribution >= 0.6 is 0 Å². The summed E-state index contributed by atoms with van der Waals surface area (Å²) in [6.07, 6.45) is 2.39. The average Bonchev–Trinajstić information content (AvgIpc) is 3.11. The van der Waals surface area contributed by atoms with E-state index in [2.05, 4.69) is 25.6 Å². The molecule has 0 unspecified atom stereocenters. The van der Waals surface area contributed by atoms with E-state index >= 15 is 0 Å². The summed E-state index contributed by atoms with van der Waals surface area (Å²) in [6.45, 7) is 5.95. The number of non-ortho nitro benzene ring substituents is 1. The van der Waals surface area contributed by atoms with Crippen LogP contribution in [0.25, 0.3) is 11.2 Å². The minimum Gasteiger partial charge on any atom is -0.394 e. The Morgan fingerprint density at radius 1 is 1.32 bits per heavy atom. The van der Waals surface area contributed by atoms with Crippen LogP contribution in [0, 0.1) is 10.1 Å². The van der Waals surface area contributed by atoms with Crippen LogP contribution in [-0.4, -0.2) is 42.2 Å². The van der Waals surface area contributed by atoms with Crippen molar-refractivity contribution < 1.29 is 10.0 Å². The van der Waals surface area contributed by atoms with Gasteiger partial charge >= 0.3 is 0 Å². The smallest absolute Gasteiger partial charge is 0.271 e. The maximum absolute atomic E-state index is 11.0. The molecule has 0 saturated carbocycles. The zero-order valence-electron chi connectivity index (χ0n) is 16.0. The van der Waals surface area contributed by atoms with Gasteiger partial charge < -0.3 is 20.3 Å². The summed E-state index contributed by atoms with van der Waals surface area (Å²) >= 11 is 0. The van der Waals surface area contributed by atoms with Crippen LogP contribution in [0.15, 0.2) is 30.6 Å². The average molecular weight is 385 g/mol. The van der Waals surface area contributed by atoms with Crippen molar-refractivity contribution in [2.45, 2.75) is 39.3 Å². The number of aliphatic hydroxyl groups excluding tert-OH is 1. The summed E-state index contributed by atoms with van der Waals surface area (Å²) in [5.74, 6) is 0.781. The van der Waals surface area contributed by atoms with Gasteiger partial charge in [0.05, 0.1) is 23.9 Å². The second-order valence-corrected chi connectivity index (χ2v) is 6.68. The van der Waals surface area contributed by atoms with E-state index in [0.29, 0.717) is 35.0 Å².